The van der Waals surface area contributed by atoms with Crippen molar-refractivity contribution in [2.24, 2.45) is 11.7 Å². The average molecular weight is 314 g/mol. The smallest absolute Gasteiger partial charge is 0.223 e. The summed E-state index contributed by atoms with van der Waals surface area (Å²) in [6.07, 6.45) is 3.01. The number of halogens is 2. The van der Waals surface area contributed by atoms with Crippen LogP contribution < -0.4 is 11.1 Å². The molecule has 1 rings (SSSR count). The van der Waals surface area contributed by atoms with Gasteiger partial charge >= 0.3 is 0 Å². The van der Waals surface area contributed by atoms with Crippen molar-refractivity contribution in [3.8, 4) is 0 Å². The lowest BCUT2D eigenvalue weighted by molar-refractivity contribution is -0.127. The van der Waals surface area contributed by atoms with Crippen molar-refractivity contribution in [1.29, 1.82) is 0 Å². The van der Waals surface area contributed by atoms with E-state index in [0.29, 0.717) is 0 Å². The first-order chi connectivity index (χ1) is 7.92. The number of amides is 1. The number of rotatable bonds is 4. The normalized spacial score (nSPS) is 17.3. The second-order valence-corrected chi connectivity index (χ2v) is 6.00. The molecule has 1 aliphatic rings. The highest BCUT2D eigenvalue weighted by Gasteiger charge is 2.26. The van der Waals surface area contributed by atoms with Crippen molar-refractivity contribution in [1.82, 2.24) is 10.2 Å². The van der Waals surface area contributed by atoms with Crippen LogP contribution in [-0.2, 0) is 4.79 Å². The average Bonchev–Trinajstić information content (AvgIpc) is 2.24. The number of nitrogens with one attached hydrogen (secondary N) is 1. The van der Waals surface area contributed by atoms with Crippen LogP contribution in [0.3, 0.4) is 0 Å². The first kappa shape index (κ1) is 21.3. The van der Waals surface area contributed by atoms with Crippen LogP contribution in [0.1, 0.15) is 40.0 Å². The first-order valence-electron chi connectivity index (χ1n) is 6.67. The number of nitrogens with two attached hydrogens (primary N) is 1. The Bertz CT molecular complexity index is 249. The Hall–Kier alpha value is -0.0300. The Labute approximate surface area is 129 Å². The van der Waals surface area contributed by atoms with Gasteiger partial charge in [0, 0.05) is 11.5 Å². The van der Waals surface area contributed by atoms with Crippen LogP contribution in [0.2, 0.25) is 0 Å². The van der Waals surface area contributed by atoms with E-state index in [4.69, 9.17) is 5.73 Å². The molecule has 0 bridgehead atoms. The van der Waals surface area contributed by atoms with Gasteiger partial charge in [0.2, 0.25) is 5.91 Å². The molecule has 0 aromatic rings. The fourth-order valence-electron chi connectivity index (χ4n) is 2.21. The summed E-state index contributed by atoms with van der Waals surface area (Å²) in [5, 5.41) is 3.07. The Morgan fingerprint density at radius 2 is 1.79 bits per heavy atom. The number of nitrogens with zero attached hydrogens (tertiary/aromatic N) is 1. The molecule has 0 aromatic heterocycles. The van der Waals surface area contributed by atoms with Gasteiger partial charge in [-0.2, -0.15) is 0 Å². The molecule has 0 atom stereocenters. The molecular formula is C13H29Cl2N3O. The lowest BCUT2D eigenvalue weighted by Gasteiger charge is -2.32. The van der Waals surface area contributed by atoms with Gasteiger partial charge in [0.1, 0.15) is 0 Å². The molecule has 19 heavy (non-hydrogen) atoms. The van der Waals surface area contributed by atoms with E-state index in [9.17, 15) is 4.79 Å². The Morgan fingerprint density at radius 1 is 1.26 bits per heavy atom. The van der Waals surface area contributed by atoms with E-state index in [-0.39, 0.29) is 42.2 Å². The summed E-state index contributed by atoms with van der Waals surface area (Å²) in [5.74, 6) is 0.416. The largest absolute Gasteiger partial charge is 0.351 e. The van der Waals surface area contributed by atoms with E-state index < -0.39 is 0 Å². The summed E-state index contributed by atoms with van der Waals surface area (Å²) in [6, 6.07) is 0. The monoisotopic (exact) mass is 313 g/mol. The SMILES string of the molecule is CC(C)(C)NC(=O)C1CCN(CCCN)CC1.Cl.Cl. The van der Waals surface area contributed by atoms with E-state index >= 15 is 0 Å². The lowest BCUT2D eigenvalue weighted by atomic mass is 9.94. The third kappa shape index (κ3) is 8.69. The molecule has 4 nitrogen and oxygen atoms in total. The van der Waals surface area contributed by atoms with Gasteiger partial charge in [0.15, 0.2) is 0 Å². The Morgan fingerprint density at radius 3 is 2.21 bits per heavy atom. The molecule has 1 aliphatic heterocycles. The summed E-state index contributed by atoms with van der Waals surface area (Å²) in [7, 11) is 0. The second-order valence-electron chi connectivity index (χ2n) is 6.00. The molecule has 6 heteroatoms. The fourth-order valence-corrected chi connectivity index (χ4v) is 2.21. The van der Waals surface area contributed by atoms with Gasteiger partial charge in [0.25, 0.3) is 0 Å². The number of piperidine rings is 1. The summed E-state index contributed by atoms with van der Waals surface area (Å²) in [5.41, 5.74) is 5.38. The highest BCUT2D eigenvalue weighted by Crippen LogP contribution is 2.18. The molecule has 0 spiro atoms. The predicted molar refractivity (Wildman–Crippen MR) is 85.2 cm³/mol. The maximum absolute atomic E-state index is 12.0. The zero-order valence-electron chi connectivity index (χ0n) is 12.3. The molecule has 1 saturated heterocycles. The van der Waals surface area contributed by atoms with Crippen molar-refractivity contribution in [3.05, 3.63) is 0 Å². The molecule has 116 valence electrons. The van der Waals surface area contributed by atoms with Crippen LogP contribution >= 0.6 is 24.8 Å². The summed E-state index contributed by atoms with van der Waals surface area (Å²) >= 11 is 0. The van der Waals surface area contributed by atoms with Gasteiger partial charge in [-0.3, -0.25) is 4.79 Å². The van der Waals surface area contributed by atoms with E-state index in [0.717, 1.165) is 45.4 Å². The lowest BCUT2D eigenvalue weighted by Crippen LogP contribution is -2.47. The highest BCUT2D eigenvalue weighted by molar-refractivity contribution is 5.85. The topological polar surface area (TPSA) is 58.4 Å². The maximum atomic E-state index is 12.0. The van der Waals surface area contributed by atoms with Crippen molar-refractivity contribution in [2.45, 2.75) is 45.6 Å². The van der Waals surface area contributed by atoms with Crippen molar-refractivity contribution in [2.75, 3.05) is 26.2 Å². The minimum absolute atomic E-state index is 0. The van der Waals surface area contributed by atoms with Gasteiger partial charge in [0.05, 0.1) is 0 Å². The quantitative estimate of drug-likeness (QED) is 0.832. The zero-order valence-corrected chi connectivity index (χ0v) is 13.9. The molecule has 1 amide bonds. The van der Waals surface area contributed by atoms with Crippen LogP contribution in [-0.4, -0.2) is 42.5 Å². The Kier molecular flexibility index (Phi) is 11.0. The van der Waals surface area contributed by atoms with E-state index in [2.05, 4.69) is 10.2 Å². The summed E-state index contributed by atoms with van der Waals surface area (Å²) in [6.45, 7) is 9.98. The predicted octanol–water partition coefficient (Wildman–Crippen LogP) is 1.81. The number of carbonyl (C=O) groups is 1. The van der Waals surface area contributed by atoms with Gasteiger partial charge in [-0.05, 0) is 66.2 Å². The van der Waals surface area contributed by atoms with Crippen LogP contribution in [0.5, 0.6) is 0 Å². The standard InChI is InChI=1S/C13H27N3O.2ClH/c1-13(2,3)15-12(17)11-5-9-16(10-6-11)8-4-7-14;;/h11H,4-10,14H2,1-3H3,(H,15,17);2*1H. The third-order valence-corrected chi connectivity index (χ3v) is 3.14. The van der Waals surface area contributed by atoms with Crippen molar-refractivity contribution in [3.63, 3.8) is 0 Å². The maximum Gasteiger partial charge on any atom is 0.223 e. The van der Waals surface area contributed by atoms with Gasteiger partial charge in [-0.25, -0.2) is 0 Å². The third-order valence-electron chi connectivity index (χ3n) is 3.14. The van der Waals surface area contributed by atoms with Crippen molar-refractivity contribution < 1.29 is 4.79 Å². The van der Waals surface area contributed by atoms with E-state index in [1.54, 1.807) is 0 Å². The van der Waals surface area contributed by atoms with Crippen LogP contribution in [0.25, 0.3) is 0 Å². The highest BCUT2D eigenvalue weighted by atomic mass is 35.5. The van der Waals surface area contributed by atoms with E-state index in [1.165, 1.54) is 0 Å². The molecule has 1 heterocycles. The van der Waals surface area contributed by atoms with E-state index in [1.807, 2.05) is 20.8 Å². The minimum atomic E-state index is -0.117. The molecule has 0 aromatic carbocycles. The molecular weight excluding hydrogens is 285 g/mol. The number of carbonyl (C=O) groups excluding carboxylic acids is 1. The molecule has 0 saturated carbocycles. The van der Waals surface area contributed by atoms with Crippen LogP contribution in [0, 0.1) is 5.92 Å². The number of hydrogen-bond acceptors (Lipinski definition) is 3. The molecule has 0 aliphatic carbocycles. The zero-order chi connectivity index (χ0) is 12.9. The van der Waals surface area contributed by atoms with Gasteiger partial charge < -0.3 is 16.0 Å². The number of likely N-dealkylation sites (tertiary alicyclic amines) is 1. The summed E-state index contributed by atoms with van der Waals surface area (Å²) < 4.78 is 0. The van der Waals surface area contributed by atoms with Crippen LogP contribution in [0.15, 0.2) is 0 Å². The number of hydrogen-bond donors (Lipinski definition) is 2. The molecule has 0 radical (unpaired) electrons. The van der Waals surface area contributed by atoms with Gasteiger partial charge in [-0.1, -0.05) is 0 Å². The first-order valence-corrected chi connectivity index (χ1v) is 6.67. The van der Waals surface area contributed by atoms with Gasteiger partial charge in [-0.15, -0.1) is 24.8 Å². The second kappa shape index (κ2) is 9.81. The molecule has 3 N–H and O–H groups in total. The Balaban J connectivity index is 0. The minimum Gasteiger partial charge on any atom is -0.351 e. The molecule has 0 unspecified atom stereocenters. The fraction of sp³-hybridized carbons (Fsp3) is 0.923. The molecule has 1 fully saturated rings. The van der Waals surface area contributed by atoms with Crippen LogP contribution in [0.4, 0.5) is 0 Å². The summed E-state index contributed by atoms with van der Waals surface area (Å²) in [4.78, 5) is 14.4. The van der Waals surface area contributed by atoms with Crippen molar-refractivity contribution >= 4 is 30.7 Å².